The highest BCUT2D eigenvalue weighted by molar-refractivity contribution is 5.94. The van der Waals surface area contributed by atoms with Crippen molar-refractivity contribution in [2.45, 2.75) is 30.4 Å². The van der Waals surface area contributed by atoms with Gasteiger partial charge in [0.05, 0.1) is 13.2 Å². The quantitative estimate of drug-likeness (QED) is 0.529. The van der Waals surface area contributed by atoms with Crippen molar-refractivity contribution in [3.05, 3.63) is 107 Å². The summed E-state index contributed by atoms with van der Waals surface area (Å²) < 4.78 is 34.5. The van der Waals surface area contributed by atoms with E-state index in [0.717, 1.165) is 37.6 Å². The van der Waals surface area contributed by atoms with E-state index in [2.05, 4.69) is 17.0 Å². The van der Waals surface area contributed by atoms with Gasteiger partial charge in [-0.25, -0.2) is 8.78 Å². The van der Waals surface area contributed by atoms with Crippen LogP contribution in [0.5, 0.6) is 0 Å². The van der Waals surface area contributed by atoms with E-state index in [1.807, 2.05) is 36.4 Å². The molecule has 2 aliphatic heterocycles. The number of rotatable bonds is 6. The highest BCUT2D eigenvalue weighted by Gasteiger charge is 2.41. The number of morpholine rings is 1. The molecule has 2 N–H and O–H groups in total. The molecule has 3 aromatic carbocycles. The molecule has 2 aliphatic rings. The van der Waals surface area contributed by atoms with Crippen LogP contribution < -0.4 is 5.73 Å². The van der Waals surface area contributed by atoms with Crippen molar-refractivity contribution in [2.75, 3.05) is 39.3 Å². The Balaban J connectivity index is 1.33. The molecule has 1 amide bonds. The van der Waals surface area contributed by atoms with Crippen molar-refractivity contribution in [2.24, 2.45) is 5.73 Å². The molecule has 2 heterocycles. The predicted octanol–water partition coefficient (Wildman–Crippen LogP) is 4.67. The molecule has 0 spiro atoms. The number of ether oxygens (including phenoxy) is 1. The first-order valence-corrected chi connectivity index (χ1v) is 12.9. The molecule has 1 unspecified atom stereocenters. The summed E-state index contributed by atoms with van der Waals surface area (Å²) in [4.78, 5) is 17.4. The van der Waals surface area contributed by atoms with E-state index in [9.17, 15) is 13.6 Å². The lowest BCUT2D eigenvalue weighted by molar-refractivity contribution is -0.114. The summed E-state index contributed by atoms with van der Waals surface area (Å²) in [7, 11) is 0. The maximum absolute atomic E-state index is 14.3. The van der Waals surface area contributed by atoms with Crippen LogP contribution in [0.25, 0.3) is 0 Å². The van der Waals surface area contributed by atoms with Crippen LogP contribution in [-0.4, -0.2) is 55.0 Å². The topological polar surface area (TPSA) is 58.8 Å². The summed E-state index contributed by atoms with van der Waals surface area (Å²) in [5.41, 5.74) is 7.77. The van der Waals surface area contributed by atoms with E-state index in [1.165, 1.54) is 6.07 Å². The molecular formula is C30H33F2N3O2. The van der Waals surface area contributed by atoms with Gasteiger partial charge < -0.3 is 20.3 Å². The number of likely N-dealkylation sites (tertiary alicyclic amines) is 1. The van der Waals surface area contributed by atoms with Gasteiger partial charge >= 0.3 is 0 Å². The van der Waals surface area contributed by atoms with Crippen LogP contribution in [0.15, 0.2) is 78.9 Å². The Morgan fingerprint density at radius 3 is 2.22 bits per heavy atom. The van der Waals surface area contributed by atoms with Crippen LogP contribution in [0, 0.1) is 11.6 Å². The third kappa shape index (κ3) is 5.44. The molecule has 2 saturated heterocycles. The SMILES string of the molecule is NC1(c2ccccc2)CCN(CCC2(c3ccc(F)c(F)c3)CN(C(=O)c3ccccc3)CCO2)CC1. The zero-order valence-corrected chi connectivity index (χ0v) is 20.9. The van der Waals surface area contributed by atoms with Gasteiger partial charge in [0.25, 0.3) is 5.91 Å². The first kappa shape index (κ1) is 25.5. The lowest BCUT2D eigenvalue weighted by atomic mass is 9.81. The summed E-state index contributed by atoms with van der Waals surface area (Å²) >= 11 is 0. The molecule has 0 saturated carbocycles. The average Bonchev–Trinajstić information content (AvgIpc) is 2.95. The number of nitrogens with zero attached hydrogens (tertiary/aromatic N) is 2. The second-order valence-electron chi connectivity index (χ2n) is 10.2. The van der Waals surface area contributed by atoms with Gasteiger partial charge in [-0.15, -0.1) is 0 Å². The average molecular weight is 506 g/mol. The maximum Gasteiger partial charge on any atom is 0.254 e. The predicted molar refractivity (Wildman–Crippen MR) is 139 cm³/mol. The van der Waals surface area contributed by atoms with Crippen molar-refractivity contribution in [1.82, 2.24) is 9.80 Å². The summed E-state index contributed by atoms with van der Waals surface area (Å²) in [5, 5.41) is 0. The second-order valence-corrected chi connectivity index (χ2v) is 10.2. The van der Waals surface area contributed by atoms with Gasteiger partial charge in [-0.05, 0) is 54.7 Å². The molecule has 37 heavy (non-hydrogen) atoms. The Labute approximate surface area is 216 Å². The Bertz CT molecular complexity index is 1220. The fourth-order valence-corrected chi connectivity index (χ4v) is 5.54. The summed E-state index contributed by atoms with van der Waals surface area (Å²) in [5.74, 6) is -1.91. The smallest absolute Gasteiger partial charge is 0.254 e. The monoisotopic (exact) mass is 505 g/mol. The Morgan fingerprint density at radius 2 is 1.54 bits per heavy atom. The molecule has 7 heteroatoms. The zero-order chi connectivity index (χ0) is 25.9. The first-order valence-electron chi connectivity index (χ1n) is 12.9. The van der Waals surface area contributed by atoms with Gasteiger partial charge in [-0.3, -0.25) is 4.79 Å². The number of benzene rings is 3. The van der Waals surface area contributed by atoms with E-state index < -0.39 is 17.2 Å². The molecule has 5 rings (SSSR count). The third-order valence-electron chi connectivity index (χ3n) is 7.87. The molecule has 0 radical (unpaired) electrons. The molecule has 3 aromatic rings. The molecular weight excluding hydrogens is 472 g/mol. The highest BCUT2D eigenvalue weighted by atomic mass is 19.2. The molecule has 0 aliphatic carbocycles. The number of halogens is 2. The summed E-state index contributed by atoms with van der Waals surface area (Å²) in [6.45, 7) is 3.37. The van der Waals surface area contributed by atoms with E-state index >= 15 is 0 Å². The second kappa shape index (κ2) is 10.7. The van der Waals surface area contributed by atoms with E-state index in [-0.39, 0.29) is 18.0 Å². The summed E-state index contributed by atoms with van der Waals surface area (Å²) in [6, 6.07) is 23.2. The number of carbonyl (C=O) groups is 1. The summed E-state index contributed by atoms with van der Waals surface area (Å²) in [6.07, 6.45) is 2.20. The minimum Gasteiger partial charge on any atom is -0.367 e. The molecule has 0 aromatic heterocycles. The first-order chi connectivity index (χ1) is 17.9. The lowest BCUT2D eigenvalue weighted by Crippen LogP contribution is -2.54. The van der Waals surface area contributed by atoms with Gasteiger partial charge in [0, 0.05) is 37.3 Å². The number of amides is 1. The van der Waals surface area contributed by atoms with Crippen molar-refractivity contribution >= 4 is 5.91 Å². The number of piperidine rings is 1. The van der Waals surface area contributed by atoms with Gasteiger partial charge in [0.1, 0.15) is 5.60 Å². The molecule has 2 fully saturated rings. The maximum atomic E-state index is 14.3. The largest absolute Gasteiger partial charge is 0.367 e. The molecule has 5 nitrogen and oxygen atoms in total. The third-order valence-corrected chi connectivity index (χ3v) is 7.87. The van der Waals surface area contributed by atoms with E-state index in [4.69, 9.17) is 10.5 Å². The van der Waals surface area contributed by atoms with Crippen LogP contribution >= 0.6 is 0 Å². The minimum absolute atomic E-state index is 0.0930. The normalized spacial score (nSPS) is 22.1. The number of carbonyl (C=O) groups excluding carboxylic acids is 1. The Kier molecular flexibility index (Phi) is 7.38. The Hall–Kier alpha value is -3.13. The standard InChI is InChI=1S/C30H33F2N3O2/c31-26-12-11-25(21-27(26)32)30(22-35(19-20-37-30)28(36)23-7-3-1-4-8-23)15-18-34-16-13-29(33,14-17-34)24-9-5-2-6-10-24/h1-12,21H,13-20,22,33H2. The minimum atomic E-state index is -0.937. The van der Waals surface area contributed by atoms with Crippen molar-refractivity contribution in [3.63, 3.8) is 0 Å². The van der Waals surface area contributed by atoms with Crippen molar-refractivity contribution in [1.29, 1.82) is 0 Å². The molecule has 194 valence electrons. The molecule has 1 atom stereocenters. The lowest BCUT2D eigenvalue weighted by Gasteiger charge is -2.45. The van der Waals surface area contributed by atoms with Crippen molar-refractivity contribution < 1.29 is 18.3 Å². The van der Waals surface area contributed by atoms with Crippen LogP contribution in [0.2, 0.25) is 0 Å². The zero-order valence-electron chi connectivity index (χ0n) is 20.9. The molecule has 0 bridgehead atoms. The van der Waals surface area contributed by atoms with Crippen LogP contribution in [0.1, 0.15) is 40.7 Å². The fraction of sp³-hybridized carbons (Fsp3) is 0.367. The van der Waals surface area contributed by atoms with E-state index in [1.54, 1.807) is 23.1 Å². The van der Waals surface area contributed by atoms with Gasteiger partial charge in [-0.2, -0.15) is 0 Å². The van der Waals surface area contributed by atoms with Crippen molar-refractivity contribution in [3.8, 4) is 0 Å². The highest BCUT2D eigenvalue weighted by Crippen LogP contribution is 2.36. The number of hydrogen-bond acceptors (Lipinski definition) is 4. The van der Waals surface area contributed by atoms with Gasteiger partial charge in [0.2, 0.25) is 0 Å². The van der Waals surface area contributed by atoms with Crippen LogP contribution in [0.3, 0.4) is 0 Å². The fourth-order valence-electron chi connectivity index (χ4n) is 5.54. The number of nitrogens with two attached hydrogens (primary N) is 1. The Morgan fingerprint density at radius 1 is 0.865 bits per heavy atom. The number of hydrogen-bond donors (Lipinski definition) is 1. The van der Waals surface area contributed by atoms with Crippen LogP contribution in [0.4, 0.5) is 8.78 Å². The van der Waals surface area contributed by atoms with Crippen LogP contribution in [-0.2, 0) is 15.9 Å². The van der Waals surface area contributed by atoms with E-state index in [0.29, 0.717) is 37.2 Å². The van der Waals surface area contributed by atoms with Gasteiger partial charge in [0.15, 0.2) is 11.6 Å². The van der Waals surface area contributed by atoms with Gasteiger partial charge in [-0.1, -0.05) is 54.6 Å².